The van der Waals surface area contributed by atoms with Gasteiger partial charge in [-0.25, -0.2) is 0 Å². The van der Waals surface area contributed by atoms with Gasteiger partial charge in [-0.15, -0.1) is 0 Å². The summed E-state index contributed by atoms with van der Waals surface area (Å²) in [6, 6.07) is 7.77. The van der Waals surface area contributed by atoms with Gasteiger partial charge in [-0.3, -0.25) is 0 Å². The quantitative estimate of drug-likeness (QED) is 0.780. The van der Waals surface area contributed by atoms with Crippen molar-refractivity contribution in [2.75, 3.05) is 13.2 Å². The van der Waals surface area contributed by atoms with Gasteiger partial charge in [0.15, 0.2) is 0 Å². The van der Waals surface area contributed by atoms with Crippen LogP contribution in [0.4, 0.5) is 0 Å². The van der Waals surface area contributed by atoms with E-state index in [-0.39, 0.29) is 12.7 Å². The van der Waals surface area contributed by atoms with Crippen LogP contribution < -0.4 is 4.74 Å². The third-order valence-corrected chi connectivity index (χ3v) is 2.05. The van der Waals surface area contributed by atoms with Crippen LogP contribution in [0, 0.1) is 0 Å². The summed E-state index contributed by atoms with van der Waals surface area (Å²) in [5, 5.41) is 8.83. The highest BCUT2D eigenvalue weighted by Crippen LogP contribution is 2.19. The van der Waals surface area contributed by atoms with E-state index in [4.69, 9.17) is 14.6 Å². The molecule has 0 spiro atoms. The highest BCUT2D eigenvalue weighted by Gasteiger charge is 2.05. The van der Waals surface area contributed by atoms with Crippen molar-refractivity contribution in [1.29, 1.82) is 0 Å². The van der Waals surface area contributed by atoms with Gasteiger partial charge in [0.1, 0.15) is 5.75 Å². The van der Waals surface area contributed by atoms with Crippen LogP contribution in [0.25, 0.3) is 0 Å². The average Bonchev–Trinajstić information content (AvgIpc) is 2.28. The van der Waals surface area contributed by atoms with Crippen LogP contribution in [0.1, 0.15) is 19.4 Å². The molecule has 0 radical (unpaired) electrons. The Balaban J connectivity index is 2.58. The topological polar surface area (TPSA) is 38.7 Å². The first-order valence-corrected chi connectivity index (χ1v) is 5.21. The summed E-state index contributed by atoms with van der Waals surface area (Å²) in [5.41, 5.74) is 1.01. The molecule has 3 nitrogen and oxygen atoms in total. The first-order valence-electron chi connectivity index (χ1n) is 5.21. The van der Waals surface area contributed by atoms with E-state index >= 15 is 0 Å². The molecular formula is C12H18O3. The van der Waals surface area contributed by atoms with Crippen molar-refractivity contribution in [3.05, 3.63) is 29.8 Å². The standard InChI is InChI=1S/C12H18O3/c1-3-14-12-7-5-4-6-11(12)9-15-10(2)8-13/h4-7,10,13H,3,8-9H2,1-2H3. The smallest absolute Gasteiger partial charge is 0.124 e. The number of benzene rings is 1. The molecule has 1 aromatic rings. The van der Waals surface area contributed by atoms with Crippen LogP contribution in [-0.4, -0.2) is 24.4 Å². The Labute approximate surface area is 90.6 Å². The Morgan fingerprint density at radius 3 is 2.73 bits per heavy atom. The number of para-hydroxylation sites is 1. The molecule has 0 aliphatic heterocycles. The van der Waals surface area contributed by atoms with Crippen LogP contribution in [0.3, 0.4) is 0 Å². The van der Waals surface area contributed by atoms with Crippen molar-refractivity contribution in [1.82, 2.24) is 0 Å². The second-order valence-electron chi connectivity index (χ2n) is 3.34. The van der Waals surface area contributed by atoms with E-state index in [1.165, 1.54) is 0 Å². The molecule has 0 amide bonds. The lowest BCUT2D eigenvalue weighted by molar-refractivity contribution is 0.0136. The van der Waals surface area contributed by atoms with Crippen LogP contribution in [0.5, 0.6) is 5.75 Å². The van der Waals surface area contributed by atoms with E-state index in [1.54, 1.807) is 0 Å². The zero-order valence-electron chi connectivity index (χ0n) is 9.27. The third kappa shape index (κ3) is 3.90. The Hall–Kier alpha value is -1.06. The number of aliphatic hydroxyl groups excluding tert-OH is 1. The molecule has 0 aliphatic carbocycles. The Bertz CT molecular complexity index is 286. The summed E-state index contributed by atoms with van der Waals surface area (Å²) in [6.07, 6.45) is -0.139. The van der Waals surface area contributed by atoms with E-state index in [0.717, 1.165) is 11.3 Å². The number of hydrogen-bond donors (Lipinski definition) is 1. The van der Waals surface area contributed by atoms with Gasteiger partial charge >= 0.3 is 0 Å². The van der Waals surface area contributed by atoms with Gasteiger partial charge in [0.25, 0.3) is 0 Å². The Kier molecular flexibility index (Phi) is 5.15. The fraction of sp³-hybridized carbons (Fsp3) is 0.500. The first kappa shape index (κ1) is 12.0. The molecule has 0 aliphatic rings. The van der Waals surface area contributed by atoms with E-state index in [0.29, 0.717) is 13.2 Å². The predicted molar refractivity (Wildman–Crippen MR) is 58.9 cm³/mol. The minimum Gasteiger partial charge on any atom is -0.494 e. The van der Waals surface area contributed by atoms with E-state index in [1.807, 2.05) is 38.1 Å². The fourth-order valence-corrected chi connectivity index (χ4v) is 1.20. The lowest BCUT2D eigenvalue weighted by Gasteiger charge is -2.13. The molecule has 1 aromatic carbocycles. The lowest BCUT2D eigenvalue weighted by Crippen LogP contribution is -2.13. The second kappa shape index (κ2) is 6.43. The van der Waals surface area contributed by atoms with Gasteiger partial charge in [0.05, 0.1) is 25.9 Å². The zero-order valence-corrected chi connectivity index (χ0v) is 9.27. The van der Waals surface area contributed by atoms with E-state index in [9.17, 15) is 0 Å². The van der Waals surface area contributed by atoms with Crippen molar-refractivity contribution < 1.29 is 14.6 Å². The second-order valence-corrected chi connectivity index (χ2v) is 3.34. The van der Waals surface area contributed by atoms with Gasteiger partial charge in [-0.05, 0) is 19.9 Å². The van der Waals surface area contributed by atoms with Gasteiger partial charge < -0.3 is 14.6 Å². The third-order valence-electron chi connectivity index (χ3n) is 2.05. The minimum absolute atomic E-state index is 0.0385. The van der Waals surface area contributed by atoms with Crippen molar-refractivity contribution in [3.8, 4) is 5.75 Å². The van der Waals surface area contributed by atoms with Crippen LogP contribution in [-0.2, 0) is 11.3 Å². The van der Waals surface area contributed by atoms with Gasteiger partial charge in [0.2, 0.25) is 0 Å². The number of ether oxygens (including phenoxy) is 2. The molecule has 84 valence electrons. The Morgan fingerprint density at radius 2 is 2.07 bits per heavy atom. The highest BCUT2D eigenvalue weighted by molar-refractivity contribution is 5.32. The number of rotatable bonds is 6. The maximum absolute atomic E-state index is 8.83. The molecule has 0 bridgehead atoms. The molecular weight excluding hydrogens is 192 g/mol. The van der Waals surface area contributed by atoms with E-state index in [2.05, 4.69) is 0 Å². The van der Waals surface area contributed by atoms with Crippen LogP contribution >= 0.6 is 0 Å². The summed E-state index contributed by atoms with van der Waals surface area (Å²) in [4.78, 5) is 0. The lowest BCUT2D eigenvalue weighted by atomic mass is 10.2. The van der Waals surface area contributed by atoms with Gasteiger partial charge in [-0.1, -0.05) is 18.2 Å². The van der Waals surface area contributed by atoms with Crippen LogP contribution in [0.15, 0.2) is 24.3 Å². The molecule has 1 N–H and O–H groups in total. The molecule has 1 unspecified atom stereocenters. The summed E-state index contributed by atoms with van der Waals surface area (Å²) >= 11 is 0. The minimum atomic E-state index is -0.139. The number of aliphatic hydroxyl groups is 1. The van der Waals surface area contributed by atoms with Crippen molar-refractivity contribution in [2.45, 2.75) is 26.6 Å². The van der Waals surface area contributed by atoms with E-state index < -0.39 is 0 Å². The predicted octanol–water partition coefficient (Wildman–Crippen LogP) is 1.98. The van der Waals surface area contributed by atoms with Crippen molar-refractivity contribution in [3.63, 3.8) is 0 Å². The molecule has 0 heterocycles. The molecule has 0 fully saturated rings. The maximum atomic E-state index is 8.83. The molecule has 0 saturated carbocycles. The molecule has 0 saturated heterocycles. The van der Waals surface area contributed by atoms with Crippen molar-refractivity contribution in [2.24, 2.45) is 0 Å². The molecule has 0 aromatic heterocycles. The fourth-order valence-electron chi connectivity index (χ4n) is 1.20. The monoisotopic (exact) mass is 210 g/mol. The molecule has 15 heavy (non-hydrogen) atoms. The normalized spacial score (nSPS) is 12.5. The molecule has 1 atom stereocenters. The Morgan fingerprint density at radius 1 is 1.33 bits per heavy atom. The van der Waals surface area contributed by atoms with Crippen LogP contribution in [0.2, 0.25) is 0 Å². The van der Waals surface area contributed by atoms with Crippen molar-refractivity contribution >= 4 is 0 Å². The maximum Gasteiger partial charge on any atom is 0.124 e. The molecule has 3 heteroatoms. The number of hydrogen-bond acceptors (Lipinski definition) is 3. The SMILES string of the molecule is CCOc1ccccc1COC(C)CO. The van der Waals surface area contributed by atoms with Gasteiger partial charge in [0, 0.05) is 5.56 Å². The summed E-state index contributed by atoms with van der Waals surface area (Å²) in [7, 11) is 0. The summed E-state index contributed by atoms with van der Waals surface area (Å²) < 4.78 is 10.9. The van der Waals surface area contributed by atoms with Gasteiger partial charge in [-0.2, -0.15) is 0 Å². The highest BCUT2D eigenvalue weighted by atomic mass is 16.5. The summed E-state index contributed by atoms with van der Waals surface area (Å²) in [5.74, 6) is 0.852. The summed E-state index contributed by atoms with van der Waals surface area (Å²) in [6.45, 7) is 4.94. The largest absolute Gasteiger partial charge is 0.494 e. The first-order chi connectivity index (χ1) is 7.27. The molecule has 1 rings (SSSR count). The average molecular weight is 210 g/mol. The zero-order chi connectivity index (χ0) is 11.1.